The second-order valence-electron chi connectivity index (χ2n) is 6.69. The molecule has 0 saturated carbocycles. The molecule has 1 aliphatic rings. The first-order valence-corrected chi connectivity index (χ1v) is 8.88. The first-order valence-electron chi connectivity index (χ1n) is 8.88. The van der Waals surface area contributed by atoms with Gasteiger partial charge in [-0.25, -0.2) is 4.79 Å². The third-order valence-corrected chi connectivity index (χ3v) is 4.91. The van der Waals surface area contributed by atoms with Crippen molar-refractivity contribution in [2.45, 2.75) is 20.4 Å². The molecule has 4 rings (SSSR count). The number of rotatable bonds is 4. The Kier molecular flexibility index (Phi) is 4.31. The summed E-state index contributed by atoms with van der Waals surface area (Å²) in [5.74, 6) is -2.00. The summed E-state index contributed by atoms with van der Waals surface area (Å²) >= 11 is 0. The fraction of sp³-hybridized carbons (Fsp3) is 0.136. The van der Waals surface area contributed by atoms with Gasteiger partial charge in [0, 0.05) is 17.9 Å². The quantitative estimate of drug-likeness (QED) is 0.655. The average Bonchev–Trinajstić information content (AvgIpc) is 3.12. The van der Waals surface area contributed by atoms with Gasteiger partial charge in [-0.1, -0.05) is 47.5 Å². The zero-order chi connectivity index (χ0) is 19.8. The van der Waals surface area contributed by atoms with Crippen LogP contribution in [-0.4, -0.2) is 27.4 Å². The van der Waals surface area contributed by atoms with Crippen LogP contribution in [0.15, 0.2) is 60.7 Å². The zero-order valence-corrected chi connectivity index (χ0v) is 15.5. The second kappa shape index (κ2) is 6.81. The van der Waals surface area contributed by atoms with E-state index >= 15 is 0 Å². The minimum absolute atomic E-state index is 0.231. The number of carbonyl (C=O) groups is 3. The lowest BCUT2D eigenvalue weighted by Gasteiger charge is -2.13. The Balaban J connectivity index is 1.57. The molecule has 2 amide bonds. The number of aromatic nitrogens is 1. The van der Waals surface area contributed by atoms with Crippen LogP contribution >= 0.6 is 0 Å². The lowest BCUT2D eigenvalue weighted by Crippen LogP contribution is -2.32. The van der Waals surface area contributed by atoms with E-state index in [0.717, 1.165) is 11.3 Å². The van der Waals surface area contributed by atoms with Gasteiger partial charge in [0.15, 0.2) is 0 Å². The van der Waals surface area contributed by atoms with Crippen LogP contribution in [0.4, 0.5) is 0 Å². The number of nitrogens with zero attached hydrogens (tertiary/aromatic N) is 2. The predicted octanol–water partition coefficient (Wildman–Crippen LogP) is 3.52. The topological polar surface area (TPSA) is 68.6 Å². The van der Waals surface area contributed by atoms with E-state index in [0.29, 0.717) is 22.9 Å². The molecular formula is C22H18N2O4. The first kappa shape index (κ1) is 17.7. The third-order valence-electron chi connectivity index (χ3n) is 4.91. The largest absolute Gasteiger partial charge is 0.365 e. The molecule has 0 saturated heterocycles. The van der Waals surface area contributed by atoms with E-state index in [1.165, 1.54) is 12.1 Å². The number of hydrogen-bond donors (Lipinski definition) is 0. The van der Waals surface area contributed by atoms with Crippen molar-refractivity contribution in [3.8, 4) is 0 Å². The SMILES string of the molecule is Cc1cc(C(=O)ON2C(=O)c3ccccc3C2=O)c(C)n1Cc1ccccc1. The molecule has 2 aromatic carbocycles. The molecule has 2 heterocycles. The molecule has 3 aromatic rings. The van der Waals surface area contributed by atoms with E-state index in [1.807, 2.05) is 48.7 Å². The minimum atomic E-state index is -0.734. The normalized spacial score (nSPS) is 13.0. The molecule has 140 valence electrons. The van der Waals surface area contributed by atoms with Crippen molar-refractivity contribution < 1.29 is 19.2 Å². The van der Waals surface area contributed by atoms with Gasteiger partial charge in [0.05, 0.1) is 16.7 Å². The molecule has 0 radical (unpaired) electrons. The van der Waals surface area contributed by atoms with E-state index in [2.05, 4.69) is 0 Å². The lowest BCUT2D eigenvalue weighted by molar-refractivity contribution is -0.0585. The highest BCUT2D eigenvalue weighted by Crippen LogP contribution is 2.25. The molecule has 0 atom stereocenters. The zero-order valence-electron chi connectivity index (χ0n) is 15.5. The van der Waals surface area contributed by atoms with Gasteiger partial charge in [-0.3, -0.25) is 9.59 Å². The summed E-state index contributed by atoms with van der Waals surface area (Å²) in [6, 6.07) is 18.0. The van der Waals surface area contributed by atoms with Crippen LogP contribution in [0.2, 0.25) is 0 Å². The van der Waals surface area contributed by atoms with Gasteiger partial charge >= 0.3 is 5.97 Å². The summed E-state index contributed by atoms with van der Waals surface area (Å²) in [5, 5.41) is 0.538. The van der Waals surface area contributed by atoms with Crippen LogP contribution in [-0.2, 0) is 11.4 Å². The van der Waals surface area contributed by atoms with Crippen molar-refractivity contribution in [2.24, 2.45) is 0 Å². The van der Waals surface area contributed by atoms with E-state index in [4.69, 9.17) is 4.84 Å². The van der Waals surface area contributed by atoms with E-state index in [1.54, 1.807) is 18.2 Å². The highest BCUT2D eigenvalue weighted by molar-refractivity contribution is 6.21. The van der Waals surface area contributed by atoms with Gasteiger partial charge in [0.25, 0.3) is 11.8 Å². The van der Waals surface area contributed by atoms with Crippen LogP contribution in [0.1, 0.15) is 48.0 Å². The summed E-state index contributed by atoms with van der Waals surface area (Å²) in [4.78, 5) is 42.7. The molecule has 6 nitrogen and oxygen atoms in total. The van der Waals surface area contributed by atoms with Crippen LogP contribution < -0.4 is 0 Å². The fourth-order valence-corrected chi connectivity index (χ4v) is 3.40. The number of benzene rings is 2. The van der Waals surface area contributed by atoms with Crippen molar-refractivity contribution in [2.75, 3.05) is 0 Å². The van der Waals surface area contributed by atoms with Gasteiger partial charge in [0.2, 0.25) is 0 Å². The number of hydrogen-bond acceptors (Lipinski definition) is 4. The molecule has 0 bridgehead atoms. The van der Waals surface area contributed by atoms with Crippen molar-refractivity contribution in [3.05, 3.63) is 94.3 Å². The Morgan fingerprint density at radius 3 is 2.07 bits per heavy atom. The Bertz CT molecular complexity index is 1060. The van der Waals surface area contributed by atoms with Crippen LogP contribution in [0, 0.1) is 13.8 Å². The van der Waals surface area contributed by atoms with E-state index in [-0.39, 0.29) is 11.1 Å². The molecule has 0 spiro atoms. The van der Waals surface area contributed by atoms with Crippen LogP contribution in [0.25, 0.3) is 0 Å². The Morgan fingerprint density at radius 2 is 1.46 bits per heavy atom. The molecule has 1 aromatic heterocycles. The lowest BCUT2D eigenvalue weighted by atomic mass is 10.1. The molecule has 0 N–H and O–H groups in total. The Morgan fingerprint density at radius 1 is 0.893 bits per heavy atom. The molecule has 28 heavy (non-hydrogen) atoms. The maximum absolute atomic E-state index is 12.7. The molecule has 1 aliphatic heterocycles. The van der Waals surface area contributed by atoms with Gasteiger partial charge in [0.1, 0.15) is 0 Å². The van der Waals surface area contributed by atoms with Gasteiger partial charge in [-0.2, -0.15) is 0 Å². The highest BCUT2D eigenvalue weighted by Gasteiger charge is 2.39. The Labute approximate surface area is 161 Å². The minimum Gasteiger partial charge on any atom is -0.344 e. The number of carbonyl (C=O) groups excluding carboxylic acids is 3. The molecule has 0 fully saturated rings. The summed E-state index contributed by atoms with van der Waals surface area (Å²) < 4.78 is 1.99. The maximum atomic E-state index is 12.7. The highest BCUT2D eigenvalue weighted by atomic mass is 16.7. The second-order valence-corrected chi connectivity index (χ2v) is 6.69. The van der Waals surface area contributed by atoms with Gasteiger partial charge < -0.3 is 9.40 Å². The van der Waals surface area contributed by atoms with Gasteiger partial charge in [-0.15, -0.1) is 0 Å². The van der Waals surface area contributed by atoms with Crippen LogP contribution in [0.5, 0.6) is 0 Å². The molecule has 0 aliphatic carbocycles. The van der Waals surface area contributed by atoms with Gasteiger partial charge in [-0.05, 0) is 37.6 Å². The Hall–Kier alpha value is -3.67. The average molecular weight is 374 g/mol. The number of imide groups is 1. The predicted molar refractivity (Wildman–Crippen MR) is 102 cm³/mol. The van der Waals surface area contributed by atoms with E-state index in [9.17, 15) is 14.4 Å². The summed E-state index contributed by atoms with van der Waals surface area (Å²) in [7, 11) is 0. The fourth-order valence-electron chi connectivity index (χ4n) is 3.40. The summed E-state index contributed by atoms with van der Waals surface area (Å²) in [6.07, 6.45) is 0. The number of aryl methyl sites for hydroxylation is 1. The molecular weight excluding hydrogens is 356 g/mol. The summed E-state index contributed by atoms with van der Waals surface area (Å²) in [5.41, 5.74) is 3.48. The monoisotopic (exact) mass is 374 g/mol. The molecule has 0 unspecified atom stereocenters. The number of hydroxylamine groups is 2. The van der Waals surface area contributed by atoms with Crippen LogP contribution in [0.3, 0.4) is 0 Å². The first-order chi connectivity index (χ1) is 13.5. The van der Waals surface area contributed by atoms with Crippen molar-refractivity contribution in [1.29, 1.82) is 0 Å². The van der Waals surface area contributed by atoms with Crippen molar-refractivity contribution in [1.82, 2.24) is 9.63 Å². The number of amides is 2. The molecule has 6 heteroatoms. The third kappa shape index (κ3) is 2.89. The van der Waals surface area contributed by atoms with Crippen molar-refractivity contribution in [3.63, 3.8) is 0 Å². The maximum Gasteiger partial charge on any atom is 0.365 e. The smallest absolute Gasteiger partial charge is 0.344 e. The summed E-state index contributed by atoms with van der Waals surface area (Å²) in [6.45, 7) is 4.32. The van der Waals surface area contributed by atoms with E-state index < -0.39 is 17.8 Å². The number of fused-ring (bicyclic) bond motifs is 1. The standard InChI is InChI=1S/C22H18N2O4/c1-14-12-19(15(2)23(14)13-16-8-4-3-5-9-16)22(27)28-24-20(25)17-10-6-7-11-18(17)21(24)26/h3-12H,13H2,1-2H3. The van der Waals surface area contributed by atoms with Crippen molar-refractivity contribution >= 4 is 17.8 Å².